The molecule has 648 valence electrons. The van der Waals surface area contributed by atoms with Crippen molar-refractivity contribution in [3.05, 3.63) is 132 Å². The highest BCUT2D eigenvalue weighted by atomic mass is 28.4. The van der Waals surface area contributed by atoms with E-state index in [4.69, 9.17) is 74.2 Å². The Balaban J connectivity index is 1.26. The fourth-order valence-electron chi connectivity index (χ4n) is 12.9. The Kier molecular flexibility index (Phi) is 30.2. The number of carbonyl (C=O) groups excluding carboxylic acids is 5. The van der Waals surface area contributed by atoms with Crippen molar-refractivity contribution < 1.29 is 103 Å². The number of para-hydroxylation sites is 4. The average Bonchev–Trinajstić information content (AvgIpc) is 1.47. The fourth-order valence-corrected chi connectivity index (χ4v) is 19.2. The van der Waals surface area contributed by atoms with Crippen LogP contribution in [0.4, 0.5) is 24.0 Å². The molecule has 5 amide bonds. The number of alkyl carbamates (subject to hydrolysis) is 1. The first-order valence-corrected chi connectivity index (χ1v) is 54.9. The van der Waals surface area contributed by atoms with Crippen molar-refractivity contribution >= 4 is 72.1 Å². The van der Waals surface area contributed by atoms with Crippen LogP contribution in [0.15, 0.2) is 126 Å². The summed E-state index contributed by atoms with van der Waals surface area (Å²) in [4.78, 5) is 76.0. The van der Waals surface area contributed by atoms with Crippen molar-refractivity contribution in [2.24, 2.45) is 5.11 Å². The highest BCUT2D eigenvalue weighted by Crippen LogP contribution is 2.49. The summed E-state index contributed by atoms with van der Waals surface area (Å²) < 4.78 is 112. The third kappa shape index (κ3) is 23.9. The molecule has 1 aliphatic carbocycles. The molecular formula is C82H128N8O22Si5. The summed E-state index contributed by atoms with van der Waals surface area (Å²) in [5.74, 6) is 0.846. The topological polar surface area (TPSA) is 362 Å². The maximum absolute atomic E-state index is 15.2. The molecule has 1 saturated carbocycles. The van der Waals surface area contributed by atoms with Gasteiger partial charge < -0.3 is 106 Å². The smallest absolute Gasteiger partial charge is 0.413 e. The van der Waals surface area contributed by atoms with Gasteiger partial charge in [0.25, 0.3) is 0 Å². The molecule has 0 aromatic heterocycles. The number of carbonyl (C=O) groups is 5. The largest absolute Gasteiger partial charge is 0.441 e. The van der Waals surface area contributed by atoms with Crippen LogP contribution < -0.4 is 45.5 Å². The number of aliphatic hydroxyl groups excluding tert-OH is 1. The summed E-state index contributed by atoms with van der Waals surface area (Å²) in [7, 11) is -14.9. The van der Waals surface area contributed by atoms with E-state index in [1.807, 2.05) is 26.2 Å². The normalized spacial score (nSPS) is 28.2. The van der Waals surface area contributed by atoms with Crippen LogP contribution in [0.25, 0.3) is 10.4 Å². The van der Waals surface area contributed by atoms with Gasteiger partial charge >= 0.3 is 30.5 Å². The van der Waals surface area contributed by atoms with Crippen LogP contribution in [0.1, 0.15) is 110 Å². The number of hydrogen-bond donors (Lipinski definition) is 6. The van der Waals surface area contributed by atoms with Gasteiger partial charge in [-0.25, -0.2) is 24.0 Å². The second-order valence-electron chi connectivity index (χ2n) is 38.4. The van der Waals surface area contributed by atoms with Gasteiger partial charge in [-0.2, -0.15) is 0 Å². The minimum absolute atomic E-state index is 0.0531. The number of hydrogen-bond acceptors (Lipinski definition) is 23. The Morgan fingerprint density at radius 2 is 0.855 bits per heavy atom. The Morgan fingerprint density at radius 3 is 1.31 bits per heavy atom. The molecule has 9 rings (SSSR count). The lowest BCUT2D eigenvalue weighted by Crippen LogP contribution is -2.73. The fraction of sp³-hybridized carbons (Fsp3) is 0.646. The van der Waals surface area contributed by atoms with Crippen molar-refractivity contribution in [2.75, 3.05) is 19.7 Å². The number of fused-ring (bicyclic) bond motifs is 1. The van der Waals surface area contributed by atoms with Crippen LogP contribution in [0, 0.1) is 0 Å². The molecule has 5 fully saturated rings. The SMILES string of the molecule is CC(C)(C)[Si](C)(C)OC[C@H]1O[C@H](O[C@@H]2[C@@H](O)[C@H]3OC(=O)N[C@@H]3[C@H](NC(=O)Oc3ccccc3)[C@H]2O[C@H]2O[C@H](CN=[N+]=[N-])C[C@H](O[Si](C)(C)C(C)(C)C)[C@H]2NC(=O)Oc2ccccc2)[C@H](O[Si](C)(C)C(C)(C)C)[C@H]1O[C@H]1O[C@@H](CNC(=O)Oc2ccccc2)[C@@H](O[Si](C)(C)C(C)(C)C)[C@H](O[Si](C)(C)C(C)(C)C)[C@H]1NC(=O)Oc1ccccc1. The first-order chi connectivity index (χ1) is 54.3. The first-order valence-electron chi connectivity index (χ1n) is 40.3. The van der Waals surface area contributed by atoms with E-state index in [1.165, 1.54) is 0 Å². The number of aliphatic hydroxyl groups is 1. The van der Waals surface area contributed by atoms with Gasteiger partial charge in [0.05, 0.1) is 43.5 Å². The molecule has 4 aliphatic heterocycles. The quantitative estimate of drug-likeness (QED) is 0.0133. The van der Waals surface area contributed by atoms with E-state index in [1.54, 1.807) is 121 Å². The van der Waals surface area contributed by atoms with Crippen molar-refractivity contribution in [2.45, 2.75) is 317 Å². The molecule has 5 aliphatic rings. The van der Waals surface area contributed by atoms with Crippen LogP contribution >= 0.6 is 0 Å². The molecule has 4 heterocycles. The van der Waals surface area contributed by atoms with E-state index in [9.17, 15) is 29.8 Å². The molecule has 4 aromatic rings. The number of ether oxygens (including phenoxy) is 11. The lowest BCUT2D eigenvalue weighted by atomic mass is 9.81. The van der Waals surface area contributed by atoms with Gasteiger partial charge in [-0.1, -0.05) is 182 Å². The molecule has 4 saturated heterocycles. The molecule has 0 spiro atoms. The van der Waals surface area contributed by atoms with Crippen molar-refractivity contribution in [1.82, 2.24) is 26.6 Å². The van der Waals surface area contributed by atoms with Crippen molar-refractivity contribution in [3.8, 4) is 23.0 Å². The summed E-state index contributed by atoms with van der Waals surface area (Å²) >= 11 is 0. The van der Waals surface area contributed by atoms with Crippen LogP contribution in [0.5, 0.6) is 23.0 Å². The number of azide groups is 1. The Hall–Kier alpha value is -6.86. The summed E-state index contributed by atoms with van der Waals surface area (Å²) in [5.41, 5.74) is 9.88. The van der Waals surface area contributed by atoms with Gasteiger partial charge in [0.15, 0.2) is 66.6 Å². The van der Waals surface area contributed by atoms with Crippen LogP contribution in [-0.2, 0) is 55.3 Å². The van der Waals surface area contributed by atoms with Gasteiger partial charge in [0.2, 0.25) is 0 Å². The highest BCUT2D eigenvalue weighted by Gasteiger charge is 2.64. The van der Waals surface area contributed by atoms with Crippen LogP contribution in [0.2, 0.25) is 90.7 Å². The molecule has 6 N–H and O–H groups in total. The van der Waals surface area contributed by atoms with E-state index in [2.05, 4.69) is 180 Å². The molecule has 117 heavy (non-hydrogen) atoms. The standard InChI is InChI=1S/C82H128N8O22Si5/c1-78(2,3)113(16,17)97-49-57-63(105-71-61(89-76(95)102-53-44-36-29-37-45-53)67(111-116(22,23)81(10,11)12)64(110-115(20,21)80(7,8)9)56(103-71)48-84-73(92)99-50-38-30-26-31-39-50)69(112-117(24,25)82(13,14)15)72(104-57)107-68-62(91)65-59(87-77(96)108-65)60(88-75(94)101-52-42-34-28-35-43-52)66(68)106-70-58(86-74(93)100-51-40-32-27-33-41-51)55(46-54(98-70)47-85-90-83)109-114(18,19)79(4,5)6/h26-45,54-72,91H,46-49H2,1-25H3,(H,84,92)(H,86,93)(H,87,96)(H,88,94)(H,89,95)/t54-,55-,56-,57+,58+,59+,60-,61+,62-,63-,64+,65-,66+,67+,68+,69+,70+,71+,72+/m0/s1. The van der Waals surface area contributed by atoms with Crippen molar-refractivity contribution in [1.29, 1.82) is 0 Å². The first kappa shape index (κ1) is 94.0. The molecule has 0 bridgehead atoms. The average molecular weight is 1720 g/mol. The maximum Gasteiger partial charge on any atom is 0.413 e. The minimum atomic E-state index is -3.23. The highest BCUT2D eigenvalue weighted by molar-refractivity contribution is 6.76. The van der Waals surface area contributed by atoms with Gasteiger partial charge in [-0.15, -0.1) is 0 Å². The summed E-state index contributed by atoms with van der Waals surface area (Å²) in [6.45, 7) is 51.2. The van der Waals surface area contributed by atoms with E-state index in [-0.39, 0.29) is 54.2 Å². The molecule has 0 radical (unpaired) electrons. The Labute approximate surface area is 695 Å². The molecule has 19 atom stereocenters. The lowest BCUT2D eigenvalue weighted by molar-refractivity contribution is -0.302. The van der Waals surface area contributed by atoms with Crippen LogP contribution in [0.3, 0.4) is 0 Å². The second kappa shape index (κ2) is 37.6. The third-order valence-corrected chi connectivity index (χ3v) is 47.2. The summed E-state index contributed by atoms with van der Waals surface area (Å²) in [5, 5.41) is 30.1. The Morgan fingerprint density at radius 1 is 0.470 bits per heavy atom. The number of nitrogens with zero attached hydrogens (tertiary/aromatic N) is 3. The number of nitrogens with one attached hydrogen (secondary N) is 5. The van der Waals surface area contributed by atoms with Gasteiger partial charge in [-0.05, 0) is 145 Å². The molecular weight excluding hydrogens is 1590 g/mol. The van der Waals surface area contributed by atoms with E-state index >= 15 is 4.79 Å². The van der Waals surface area contributed by atoms with E-state index < -0.39 is 208 Å². The molecule has 35 heteroatoms. The lowest BCUT2D eigenvalue weighted by Gasteiger charge is -2.53. The van der Waals surface area contributed by atoms with Crippen LogP contribution in [-0.4, -0.2) is 213 Å². The predicted octanol–water partition coefficient (Wildman–Crippen LogP) is 15.7. The molecule has 0 unspecified atom stereocenters. The zero-order chi connectivity index (χ0) is 86.4. The summed E-state index contributed by atoms with van der Waals surface area (Å²) in [6.07, 6.45) is -25.8. The van der Waals surface area contributed by atoms with Gasteiger partial charge in [0.1, 0.15) is 83.9 Å². The number of benzene rings is 4. The predicted molar refractivity (Wildman–Crippen MR) is 452 cm³/mol. The Bertz CT molecular complexity index is 4010. The molecule has 4 aromatic carbocycles. The third-order valence-electron chi connectivity index (χ3n) is 24.8. The molecule has 30 nitrogen and oxygen atoms in total. The number of amides is 5. The number of rotatable bonds is 28. The zero-order valence-electron chi connectivity index (χ0n) is 72.7. The van der Waals surface area contributed by atoms with Crippen molar-refractivity contribution in [3.63, 3.8) is 0 Å². The minimum Gasteiger partial charge on any atom is -0.441 e. The second-order valence-corrected chi connectivity index (χ2v) is 62.2. The zero-order valence-corrected chi connectivity index (χ0v) is 77.7. The van der Waals surface area contributed by atoms with E-state index in [0.717, 1.165) is 0 Å². The maximum atomic E-state index is 15.2. The van der Waals surface area contributed by atoms with E-state index in [0.29, 0.717) is 0 Å². The van der Waals surface area contributed by atoms with Gasteiger partial charge in [-0.3, -0.25) is 0 Å². The summed E-state index contributed by atoms with van der Waals surface area (Å²) in [6, 6.07) is 28.3. The van der Waals surface area contributed by atoms with Gasteiger partial charge in [0, 0.05) is 17.9 Å². The monoisotopic (exact) mass is 1720 g/mol.